The van der Waals surface area contributed by atoms with Crippen LogP contribution in [0.4, 0.5) is 17.1 Å². The Labute approximate surface area is 143 Å². The lowest BCUT2D eigenvalue weighted by Crippen LogP contribution is -2.30. The van der Waals surface area contributed by atoms with Gasteiger partial charge in [-0.25, -0.2) is 0 Å². The Kier molecular flexibility index (Phi) is 5.59. The number of nitrogens with zero attached hydrogens (tertiary/aromatic N) is 2. The fourth-order valence-corrected chi connectivity index (χ4v) is 2.31. The van der Waals surface area contributed by atoms with Crippen molar-refractivity contribution in [3.8, 4) is 5.75 Å². The number of rotatable bonds is 6. The molecular weight excluding hydrogens is 334 g/mol. The van der Waals surface area contributed by atoms with Crippen molar-refractivity contribution in [1.82, 2.24) is 0 Å². The molecule has 7 nitrogen and oxygen atoms in total. The van der Waals surface area contributed by atoms with Crippen molar-refractivity contribution in [2.24, 2.45) is 0 Å². The van der Waals surface area contributed by atoms with Crippen LogP contribution >= 0.6 is 11.6 Å². The molecule has 1 N–H and O–H groups in total. The smallest absolute Gasteiger partial charge is 0.294 e. The summed E-state index contributed by atoms with van der Waals surface area (Å²) in [5.41, 5.74) is 0.774. The molecule has 0 saturated heterocycles. The zero-order valence-corrected chi connectivity index (χ0v) is 13.9. The van der Waals surface area contributed by atoms with Crippen LogP contribution < -0.4 is 15.0 Å². The van der Waals surface area contributed by atoms with Gasteiger partial charge in [0.15, 0.2) is 0 Å². The first kappa shape index (κ1) is 17.6. The normalized spacial score (nSPS) is 10.1. The zero-order valence-electron chi connectivity index (χ0n) is 13.2. The Morgan fingerprint density at radius 3 is 2.54 bits per heavy atom. The van der Waals surface area contributed by atoms with Gasteiger partial charge in [-0.3, -0.25) is 14.9 Å². The highest BCUT2D eigenvalue weighted by Crippen LogP contribution is 2.30. The summed E-state index contributed by atoms with van der Waals surface area (Å²) in [6.07, 6.45) is 0. The Morgan fingerprint density at radius 1 is 1.29 bits per heavy atom. The number of benzene rings is 2. The minimum atomic E-state index is -0.529. The minimum absolute atomic E-state index is 0.0471. The molecule has 0 unspecified atom stereocenters. The maximum atomic E-state index is 12.1. The Balaban J connectivity index is 2.07. The van der Waals surface area contributed by atoms with Crippen LogP contribution in [0.15, 0.2) is 42.5 Å². The number of ether oxygens (including phenoxy) is 1. The fourth-order valence-electron chi connectivity index (χ4n) is 2.14. The number of amides is 1. The van der Waals surface area contributed by atoms with E-state index >= 15 is 0 Å². The van der Waals surface area contributed by atoms with Crippen molar-refractivity contribution in [2.75, 3.05) is 30.9 Å². The molecule has 0 aliphatic rings. The second-order valence-corrected chi connectivity index (χ2v) is 5.46. The van der Waals surface area contributed by atoms with Gasteiger partial charge in [0.05, 0.1) is 18.6 Å². The first-order chi connectivity index (χ1) is 11.4. The topological polar surface area (TPSA) is 84.7 Å². The number of hydrogen-bond acceptors (Lipinski definition) is 5. The van der Waals surface area contributed by atoms with Crippen molar-refractivity contribution in [2.45, 2.75) is 0 Å². The summed E-state index contributed by atoms with van der Waals surface area (Å²) in [5.74, 6) is 0.383. The molecular formula is C16H16ClN3O4. The number of likely N-dealkylation sites (N-methyl/N-ethyl adjacent to an activating group) is 1. The van der Waals surface area contributed by atoms with Gasteiger partial charge < -0.3 is 15.0 Å². The molecule has 0 aromatic heterocycles. The molecule has 0 heterocycles. The maximum absolute atomic E-state index is 12.1. The number of nitro benzene ring substituents is 1. The van der Waals surface area contributed by atoms with Crippen LogP contribution in [0.25, 0.3) is 0 Å². The number of carbonyl (C=O) groups excluding carboxylic acids is 1. The lowest BCUT2D eigenvalue weighted by Gasteiger charge is -2.18. The standard InChI is InChI=1S/C16H16ClN3O4/c1-19(14-8-3-11(17)9-15(14)20(22)23)10-16(21)18-12-4-6-13(24-2)7-5-12/h3-9H,10H2,1-2H3,(H,18,21). The third-order valence-corrected chi connectivity index (χ3v) is 3.54. The molecule has 0 saturated carbocycles. The molecule has 0 spiro atoms. The van der Waals surface area contributed by atoms with E-state index in [0.717, 1.165) is 0 Å². The van der Waals surface area contributed by atoms with E-state index in [1.165, 1.54) is 17.0 Å². The summed E-state index contributed by atoms with van der Waals surface area (Å²) in [6, 6.07) is 11.2. The lowest BCUT2D eigenvalue weighted by atomic mass is 10.2. The van der Waals surface area contributed by atoms with E-state index in [-0.39, 0.29) is 23.2 Å². The second-order valence-electron chi connectivity index (χ2n) is 5.02. The SMILES string of the molecule is COc1ccc(NC(=O)CN(C)c2ccc(Cl)cc2[N+](=O)[O-])cc1. The van der Waals surface area contributed by atoms with Crippen molar-refractivity contribution in [1.29, 1.82) is 0 Å². The van der Waals surface area contributed by atoms with Crippen molar-refractivity contribution in [3.63, 3.8) is 0 Å². The molecule has 0 fully saturated rings. The van der Waals surface area contributed by atoms with Crippen LogP contribution in [-0.2, 0) is 4.79 Å². The second kappa shape index (κ2) is 7.65. The predicted octanol–water partition coefficient (Wildman–Crippen LogP) is 3.33. The minimum Gasteiger partial charge on any atom is -0.497 e. The summed E-state index contributed by atoms with van der Waals surface area (Å²) < 4.78 is 5.05. The Morgan fingerprint density at radius 2 is 1.96 bits per heavy atom. The average molecular weight is 350 g/mol. The highest BCUT2D eigenvalue weighted by atomic mass is 35.5. The lowest BCUT2D eigenvalue weighted by molar-refractivity contribution is -0.384. The molecule has 24 heavy (non-hydrogen) atoms. The van der Waals surface area contributed by atoms with Gasteiger partial charge in [-0.1, -0.05) is 11.6 Å². The van der Waals surface area contributed by atoms with E-state index in [1.54, 1.807) is 44.5 Å². The monoisotopic (exact) mass is 349 g/mol. The summed E-state index contributed by atoms with van der Waals surface area (Å²) in [5, 5.41) is 14.1. The molecule has 0 atom stereocenters. The van der Waals surface area contributed by atoms with Crippen LogP contribution in [0, 0.1) is 10.1 Å². The van der Waals surface area contributed by atoms with Gasteiger partial charge in [0, 0.05) is 23.8 Å². The van der Waals surface area contributed by atoms with Gasteiger partial charge in [-0.15, -0.1) is 0 Å². The number of nitro groups is 1. The number of nitrogens with one attached hydrogen (secondary N) is 1. The predicted molar refractivity (Wildman–Crippen MR) is 93.0 cm³/mol. The highest BCUT2D eigenvalue weighted by molar-refractivity contribution is 6.30. The number of halogens is 1. The molecule has 8 heteroatoms. The van der Waals surface area contributed by atoms with Gasteiger partial charge >= 0.3 is 0 Å². The van der Waals surface area contributed by atoms with Gasteiger partial charge in [0.2, 0.25) is 5.91 Å². The highest BCUT2D eigenvalue weighted by Gasteiger charge is 2.19. The van der Waals surface area contributed by atoms with Crippen molar-refractivity contribution in [3.05, 3.63) is 57.6 Å². The third-order valence-electron chi connectivity index (χ3n) is 3.30. The first-order valence-corrected chi connectivity index (χ1v) is 7.37. The van der Waals surface area contributed by atoms with Gasteiger partial charge in [0.25, 0.3) is 5.69 Å². The van der Waals surface area contributed by atoms with Gasteiger partial charge in [-0.2, -0.15) is 0 Å². The quantitative estimate of drug-likeness (QED) is 0.638. The van der Waals surface area contributed by atoms with Crippen LogP contribution in [0.1, 0.15) is 0 Å². The van der Waals surface area contributed by atoms with E-state index in [0.29, 0.717) is 17.1 Å². The maximum Gasteiger partial charge on any atom is 0.294 e. The molecule has 0 bridgehead atoms. The molecule has 0 aliphatic heterocycles. The third kappa shape index (κ3) is 4.36. The van der Waals surface area contributed by atoms with Gasteiger partial charge in [0.1, 0.15) is 11.4 Å². The molecule has 0 aliphatic carbocycles. The molecule has 1 amide bonds. The summed E-state index contributed by atoms with van der Waals surface area (Å²) in [6.45, 7) is -0.0471. The molecule has 0 radical (unpaired) electrons. The van der Waals surface area contributed by atoms with Crippen LogP contribution in [0.3, 0.4) is 0 Å². The molecule has 2 rings (SSSR count). The summed E-state index contributed by atoms with van der Waals surface area (Å²) in [7, 11) is 3.16. The van der Waals surface area contributed by atoms with E-state index < -0.39 is 4.92 Å². The Hall–Kier alpha value is -2.80. The van der Waals surface area contributed by atoms with E-state index in [4.69, 9.17) is 16.3 Å². The number of methoxy groups -OCH3 is 1. The van der Waals surface area contributed by atoms with E-state index in [1.807, 2.05) is 0 Å². The van der Waals surface area contributed by atoms with Crippen LogP contribution in [-0.4, -0.2) is 31.5 Å². The van der Waals surface area contributed by atoms with Crippen LogP contribution in [0.5, 0.6) is 5.75 Å². The summed E-state index contributed by atoms with van der Waals surface area (Å²) in [4.78, 5) is 24.2. The van der Waals surface area contributed by atoms with Crippen molar-refractivity contribution >= 4 is 34.6 Å². The molecule has 2 aromatic rings. The molecule has 2 aromatic carbocycles. The molecule has 126 valence electrons. The average Bonchev–Trinajstić information content (AvgIpc) is 2.55. The zero-order chi connectivity index (χ0) is 17.7. The van der Waals surface area contributed by atoms with E-state index in [9.17, 15) is 14.9 Å². The Bertz CT molecular complexity index is 749. The number of carbonyl (C=O) groups is 1. The van der Waals surface area contributed by atoms with E-state index in [2.05, 4.69) is 5.32 Å². The fraction of sp³-hybridized carbons (Fsp3) is 0.188. The number of hydrogen-bond donors (Lipinski definition) is 1. The van der Waals surface area contributed by atoms with Gasteiger partial charge in [-0.05, 0) is 36.4 Å². The first-order valence-electron chi connectivity index (χ1n) is 6.99. The van der Waals surface area contributed by atoms with Crippen molar-refractivity contribution < 1.29 is 14.5 Å². The number of anilines is 2. The summed E-state index contributed by atoms with van der Waals surface area (Å²) >= 11 is 5.79. The van der Waals surface area contributed by atoms with Crippen LogP contribution in [0.2, 0.25) is 5.02 Å². The largest absolute Gasteiger partial charge is 0.497 e.